The zero-order chi connectivity index (χ0) is 19.8. The first-order valence-corrected chi connectivity index (χ1v) is 13.1. The summed E-state index contributed by atoms with van der Waals surface area (Å²) in [7, 11) is -2.88. The minimum absolute atomic E-state index is 0.943. The van der Waals surface area contributed by atoms with Crippen LogP contribution in [-0.4, -0.2) is 0 Å². The monoisotopic (exact) mass is 416 g/mol. The number of unbranched alkanes of at least 4 members (excludes halogenated alkanes) is 3. The molecule has 0 fully saturated rings. The summed E-state index contributed by atoms with van der Waals surface area (Å²) < 4.78 is 14.9. The van der Waals surface area contributed by atoms with Gasteiger partial charge in [0.15, 0.2) is 7.14 Å². The van der Waals surface area contributed by atoms with Gasteiger partial charge in [-0.25, -0.2) is 0 Å². The van der Waals surface area contributed by atoms with Crippen LogP contribution >= 0.6 is 18.5 Å². The molecule has 2 heterocycles. The van der Waals surface area contributed by atoms with E-state index in [-0.39, 0.29) is 0 Å². The minimum Gasteiger partial charge on any atom is -0.309 e. The van der Waals surface area contributed by atoms with Crippen molar-refractivity contribution in [1.29, 1.82) is 0 Å². The van der Waals surface area contributed by atoms with Gasteiger partial charge in [0.25, 0.3) is 0 Å². The molecule has 0 amide bonds. The van der Waals surface area contributed by atoms with Crippen LogP contribution < -0.4 is 15.9 Å². The largest absolute Gasteiger partial charge is 0.309 e. The lowest BCUT2D eigenvalue weighted by molar-refractivity contribution is 0.592. The van der Waals surface area contributed by atoms with Crippen LogP contribution in [0, 0.1) is 0 Å². The van der Waals surface area contributed by atoms with E-state index >= 15 is 0 Å². The van der Waals surface area contributed by atoms with E-state index in [4.69, 9.17) is 0 Å². The second-order valence-corrected chi connectivity index (χ2v) is 11.7. The first-order chi connectivity index (χ1) is 14.2. The van der Waals surface area contributed by atoms with Gasteiger partial charge in [0.1, 0.15) is 0 Å². The number of aryl methyl sites for hydroxylation is 1. The molecule has 1 unspecified atom stereocenters. The predicted octanol–water partition coefficient (Wildman–Crippen LogP) is 6.64. The maximum Gasteiger partial charge on any atom is 0.173 e. The lowest BCUT2D eigenvalue weighted by atomic mass is 10.0. The lowest BCUT2D eigenvalue weighted by Gasteiger charge is -2.27. The molecule has 1 aliphatic rings. The first kappa shape index (κ1) is 18.9. The quantitative estimate of drug-likeness (QED) is 0.224. The number of fused-ring (bicyclic) bond motifs is 2. The van der Waals surface area contributed by atoms with Crippen LogP contribution in [0.4, 0.5) is 0 Å². The second kappa shape index (κ2) is 7.59. The van der Waals surface area contributed by atoms with Gasteiger partial charge in [-0.15, -0.1) is 11.3 Å². The standard InChI is InChI=1S/C26H25OPS/c1-2-3-4-8-15-21-18-24-26(29-21)22-16-9-11-19-12-10-17-23(25(19)22)28(24,27)20-13-6-5-7-14-20/h5-7,9-14,16-18H,2-4,8,15H2,1H3. The molecule has 0 spiro atoms. The molecule has 0 saturated heterocycles. The zero-order valence-electron chi connectivity index (χ0n) is 16.7. The fourth-order valence-electron chi connectivity index (χ4n) is 4.53. The van der Waals surface area contributed by atoms with Crippen molar-refractivity contribution < 1.29 is 4.57 Å². The maximum atomic E-state index is 14.9. The summed E-state index contributed by atoms with van der Waals surface area (Å²) in [4.78, 5) is 2.58. The number of hydrogen-bond acceptors (Lipinski definition) is 2. The molecule has 3 heteroatoms. The minimum atomic E-state index is -2.88. The van der Waals surface area contributed by atoms with Crippen molar-refractivity contribution in [2.45, 2.75) is 39.0 Å². The van der Waals surface area contributed by atoms with Crippen molar-refractivity contribution in [2.24, 2.45) is 0 Å². The molecule has 1 nitrogen and oxygen atoms in total. The van der Waals surface area contributed by atoms with Crippen LogP contribution in [-0.2, 0) is 11.0 Å². The Balaban J connectivity index is 1.74. The smallest absolute Gasteiger partial charge is 0.173 e. The maximum absolute atomic E-state index is 14.9. The summed E-state index contributed by atoms with van der Waals surface area (Å²) in [5.74, 6) is 0. The van der Waals surface area contributed by atoms with Gasteiger partial charge in [0, 0.05) is 36.6 Å². The number of rotatable bonds is 6. The van der Waals surface area contributed by atoms with Crippen molar-refractivity contribution in [1.82, 2.24) is 0 Å². The summed E-state index contributed by atoms with van der Waals surface area (Å²) in [6, 6.07) is 25.1. The summed E-state index contributed by atoms with van der Waals surface area (Å²) in [6.45, 7) is 2.25. The van der Waals surface area contributed by atoms with E-state index in [2.05, 4.69) is 49.4 Å². The van der Waals surface area contributed by atoms with E-state index in [0.29, 0.717) is 0 Å². The highest BCUT2D eigenvalue weighted by Crippen LogP contribution is 2.53. The lowest BCUT2D eigenvalue weighted by Crippen LogP contribution is -2.28. The van der Waals surface area contributed by atoms with Crippen LogP contribution in [0.1, 0.15) is 37.5 Å². The molecule has 0 aliphatic carbocycles. The van der Waals surface area contributed by atoms with Crippen LogP contribution in [0.3, 0.4) is 0 Å². The molecule has 146 valence electrons. The van der Waals surface area contributed by atoms with Gasteiger partial charge in [-0.2, -0.15) is 0 Å². The number of hydrogen-bond donors (Lipinski definition) is 0. The third-order valence-corrected chi connectivity index (χ3v) is 10.5. The van der Waals surface area contributed by atoms with Gasteiger partial charge in [-0.1, -0.05) is 92.9 Å². The fraction of sp³-hybridized carbons (Fsp3) is 0.231. The van der Waals surface area contributed by atoms with E-state index in [1.54, 1.807) is 0 Å². The molecule has 1 atom stereocenters. The van der Waals surface area contributed by atoms with E-state index < -0.39 is 7.14 Å². The Hall–Kier alpha value is -2.15. The highest BCUT2D eigenvalue weighted by Gasteiger charge is 2.39. The van der Waals surface area contributed by atoms with Gasteiger partial charge in [0.2, 0.25) is 0 Å². The topological polar surface area (TPSA) is 17.1 Å². The predicted molar refractivity (Wildman–Crippen MR) is 128 cm³/mol. The molecule has 0 bridgehead atoms. The van der Waals surface area contributed by atoms with Gasteiger partial charge in [-0.3, -0.25) is 0 Å². The van der Waals surface area contributed by atoms with Gasteiger partial charge >= 0.3 is 0 Å². The van der Waals surface area contributed by atoms with E-state index in [1.165, 1.54) is 51.8 Å². The average molecular weight is 417 g/mol. The highest BCUT2D eigenvalue weighted by atomic mass is 32.1. The van der Waals surface area contributed by atoms with Crippen molar-refractivity contribution in [3.8, 4) is 10.4 Å². The summed E-state index contributed by atoms with van der Waals surface area (Å²) in [5.41, 5.74) is 1.25. The Labute approximate surface area is 176 Å². The molecule has 0 saturated carbocycles. The first-order valence-electron chi connectivity index (χ1n) is 10.5. The third-order valence-electron chi connectivity index (χ3n) is 5.97. The van der Waals surface area contributed by atoms with E-state index in [0.717, 1.165) is 22.3 Å². The summed E-state index contributed by atoms with van der Waals surface area (Å²) in [6.07, 6.45) is 6.10. The summed E-state index contributed by atoms with van der Waals surface area (Å²) in [5, 5.41) is 5.34. The van der Waals surface area contributed by atoms with Crippen molar-refractivity contribution >= 4 is 45.2 Å². The normalized spacial score (nSPS) is 17.4. The molecule has 5 rings (SSSR count). The van der Waals surface area contributed by atoms with Crippen molar-refractivity contribution in [3.63, 3.8) is 0 Å². The highest BCUT2D eigenvalue weighted by molar-refractivity contribution is 7.86. The summed E-state index contributed by atoms with van der Waals surface area (Å²) >= 11 is 1.85. The van der Waals surface area contributed by atoms with Crippen LogP contribution in [0.15, 0.2) is 72.8 Å². The third kappa shape index (κ3) is 3.01. The molecular formula is C26H25OPS. The van der Waals surface area contributed by atoms with Crippen LogP contribution in [0.5, 0.6) is 0 Å². The Kier molecular flexibility index (Phi) is 4.94. The SMILES string of the molecule is CCCCCCc1cc2c(s1)-c1cccc3cccc(c13)P2(=O)c1ccccc1. The average Bonchev–Trinajstić information content (AvgIpc) is 3.21. The van der Waals surface area contributed by atoms with Crippen molar-refractivity contribution in [2.75, 3.05) is 0 Å². The molecular weight excluding hydrogens is 391 g/mol. The van der Waals surface area contributed by atoms with Gasteiger partial charge in [-0.05, 0) is 24.3 Å². The molecule has 0 N–H and O–H groups in total. The number of benzene rings is 3. The zero-order valence-corrected chi connectivity index (χ0v) is 18.4. The van der Waals surface area contributed by atoms with Gasteiger partial charge in [0.05, 0.1) is 0 Å². The number of thiophene rings is 1. The molecule has 1 aliphatic heterocycles. The van der Waals surface area contributed by atoms with E-state index in [9.17, 15) is 4.57 Å². The Morgan fingerprint density at radius 2 is 1.62 bits per heavy atom. The molecule has 29 heavy (non-hydrogen) atoms. The Bertz CT molecular complexity index is 1220. The van der Waals surface area contributed by atoms with Crippen LogP contribution in [0.25, 0.3) is 21.2 Å². The Morgan fingerprint density at radius 1 is 0.828 bits per heavy atom. The van der Waals surface area contributed by atoms with E-state index in [1.807, 2.05) is 41.7 Å². The van der Waals surface area contributed by atoms with Crippen molar-refractivity contribution in [3.05, 3.63) is 77.7 Å². The molecule has 4 aromatic rings. The second-order valence-electron chi connectivity index (χ2n) is 7.86. The van der Waals surface area contributed by atoms with Crippen LogP contribution in [0.2, 0.25) is 0 Å². The van der Waals surface area contributed by atoms with Gasteiger partial charge < -0.3 is 4.57 Å². The molecule has 1 aromatic heterocycles. The molecule has 0 radical (unpaired) electrons. The molecule has 3 aromatic carbocycles. The fourth-order valence-corrected chi connectivity index (χ4v) is 9.28. The Morgan fingerprint density at radius 3 is 2.41 bits per heavy atom.